The van der Waals surface area contributed by atoms with Crippen LogP contribution < -0.4 is 5.32 Å². The monoisotopic (exact) mass is 400 g/mol. The van der Waals surface area contributed by atoms with Crippen LogP contribution in [0, 0.1) is 5.92 Å². The van der Waals surface area contributed by atoms with Crippen LogP contribution in [0.25, 0.3) is 0 Å². The van der Waals surface area contributed by atoms with Crippen LogP contribution in [0.3, 0.4) is 0 Å². The van der Waals surface area contributed by atoms with E-state index in [2.05, 4.69) is 5.32 Å². The third-order valence-corrected chi connectivity index (χ3v) is 6.11. The van der Waals surface area contributed by atoms with Gasteiger partial charge < -0.3 is 20.4 Å². The van der Waals surface area contributed by atoms with Gasteiger partial charge in [0.05, 0.1) is 16.1 Å². The van der Waals surface area contributed by atoms with Crippen molar-refractivity contribution in [3.05, 3.63) is 27.7 Å². The van der Waals surface area contributed by atoms with Gasteiger partial charge >= 0.3 is 0 Å². The fraction of sp³-hybridized carbons (Fsp3) is 0.556. The van der Waals surface area contributed by atoms with Crippen LogP contribution in [0.15, 0.2) is 12.1 Å². The summed E-state index contributed by atoms with van der Waals surface area (Å²) in [6.45, 7) is 3.95. The SMILES string of the molecule is CC(C)[C@@H](O)[C@@H]1NC(=O)[C@H]2C[C@@H](c3c(O)ccc(Cl)c3Cl)CCN2C1=O. The van der Waals surface area contributed by atoms with Crippen molar-refractivity contribution in [2.75, 3.05) is 6.54 Å². The molecule has 0 aromatic heterocycles. The summed E-state index contributed by atoms with van der Waals surface area (Å²) in [5, 5.41) is 23.7. The Morgan fingerprint density at radius 1 is 1.27 bits per heavy atom. The molecule has 1 aromatic rings. The number of nitrogens with zero attached hydrogens (tertiary/aromatic N) is 1. The molecule has 26 heavy (non-hydrogen) atoms. The number of piperazine rings is 1. The number of halogens is 2. The van der Waals surface area contributed by atoms with Crippen LogP contribution in [0.5, 0.6) is 5.75 Å². The summed E-state index contributed by atoms with van der Waals surface area (Å²) in [6.07, 6.45) is -0.0416. The summed E-state index contributed by atoms with van der Waals surface area (Å²) >= 11 is 12.3. The Balaban J connectivity index is 1.84. The number of benzene rings is 1. The molecule has 0 aliphatic carbocycles. The van der Waals surface area contributed by atoms with Gasteiger partial charge in [-0.1, -0.05) is 37.0 Å². The van der Waals surface area contributed by atoms with E-state index in [-0.39, 0.29) is 34.4 Å². The number of fused-ring (bicyclic) bond motifs is 1. The number of phenolic OH excluding ortho intramolecular Hbond substituents is 1. The van der Waals surface area contributed by atoms with Crippen LogP contribution in [0.2, 0.25) is 10.0 Å². The van der Waals surface area contributed by atoms with Gasteiger partial charge in [0.15, 0.2) is 0 Å². The number of amides is 2. The summed E-state index contributed by atoms with van der Waals surface area (Å²) in [7, 11) is 0. The number of carbonyl (C=O) groups is 2. The van der Waals surface area contributed by atoms with Crippen molar-refractivity contribution in [1.82, 2.24) is 10.2 Å². The maximum atomic E-state index is 12.7. The van der Waals surface area contributed by atoms with Gasteiger partial charge in [0.1, 0.15) is 17.8 Å². The number of rotatable bonds is 3. The van der Waals surface area contributed by atoms with E-state index >= 15 is 0 Å². The van der Waals surface area contributed by atoms with Gasteiger partial charge in [0.2, 0.25) is 11.8 Å². The Morgan fingerprint density at radius 2 is 1.96 bits per heavy atom. The molecule has 2 aliphatic heterocycles. The van der Waals surface area contributed by atoms with Crippen molar-refractivity contribution < 1.29 is 19.8 Å². The third-order valence-electron chi connectivity index (χ3n) is 5.29. The third kappa shape index (κ3) is 3.26. The normalized spacial score (nSPS) is 27.3. The van der Waals surface area contributed by atoms with Crippen LogP contribution in [-0.4, -0.2) is 51.7 Å². The Bertz CT molecular complexity index is 740. The Labute approximate surface area is 162 Å². The van der Waals surface area contributed by atoms with E-state index < -0.39 is 18.2 Å². The molecule has 0 unspecified atom stereocenters. The largest absolute Gasteiger partial charge is 0.508 e. The molecule has 2 aliphatic rings. The van der Waals surface area contributed by atoms with Crippen LogP contribution >= 0.6 is 23.2 Å². The molecule has 2 amide bonds. The number of piperidine rings is 1. The van der Waals surface area contributed by atoms with E-state index in [0.29, 0.717) is 30.0 Å². The Morgan fingerprint density at radius 3 is 2.62 bits per heavy atom. The van der Waals surface area contributed by atoms with Gasteiger partial charge in [0, 0.05) is 12.1 Å². The van der Waals surface area contributed by atoms with Gasteiger partial charge in [0.25, 0.3) is 0 Å². The quantitative estimate of drug-likeness (QED) is 0.725. The Kier molecular flexibility index (Phi) is 5.37. The molecule has 142 valence electrons. The first-order chi connectivity index (χ1) is 12.2. The molecule has 8 heteroatoms. The first-order valence-electron chi connectivity index (χ1n) is 8.68. The molecule has 0 radical (unpaired) electrons. The maximum absolute atomic E-state index is 12.7. The van der Waals surface area contributed by atoms with Gasteiger partial charge in [-0.05, 0) is 36.8 Å². The highest BCUT2D eigenvalue weighted by Gasteiger charge is 2.47. The number of phenols is 1. The second kappa shape index (κ2) is 7.25. The van der Waals surface area contributed by atoms with Crippen molar-refractivity contribution in [2.24, 2.45) is 5.92 Å². The topological polar surface area (TPSA) is 89.9 Å². The van der Waals surface area contributed by atoms with Crippen molar-refractivity contribution in [3.63, 3.8) is 0 Å². The highest BCUT2D eigenvalue weighted by molar-refractivity contribution is 6.42. The van der Waals surface area contributed by atoms with E-state index in [4.69, 9.17) is 23.2 Å². The van der Waals surface area contributed by atoms with Crippen molar-refractivity contribution in [3.8, 4) is 5.75 Å². The number of nitrogens with one attached hydrogen (secondary N) is 1. The molecule has 2 fully saturated rings. The van der Waals surface area contributed by atoms with E-state index in [1.54, 1.807) is 13.8 Å². The van der Waals surface area contributed by atoms with Crippen LogP contribution in [0.1, 0.15) is 38.2 Å². The number of hydrogen-bond donors (Lipinski definition) is 3. The highest BCUT2D eigenvalue weighted by Crippen LogP contribution is 2.43. The predicted octanol–water partition coefficient (Wildman–Crippen LogP) is 2.29. The van der Waals surface area contributed by atoms with Crippen LogP contribution in [0.4, 0.5) is 0 Å². The smallest absolute Gasteiger partial charge is 0.248 e. The van der Waals surface area contributed by atoms with Gasteiger partial charge in [-0.25, -0.2) is 0 Å². The number of carbonyl (C=O) groups excluding carboxylic acids is 2. The first-order valence-corrected chi connectivity index (χ1v) is 9.43. The lowest BCUT2D eigenvalue weighted by molar-refractivity contribution is -0.155. The minimum absolute atomic E-state index is 0.0356. The Hall–Kier alpha value is -1.50. The van der Waals surface area contributed by atoms with Crippen LogP contribution in [-0.2, 0) is 9.59 Å². The summed E-state index contributed by atoms with van der Waals surface area (Å²) in [4.78, 5) is 26.9. The number of hydrogen-bond acceptors (Lipinski definition) is 4. The summed E-state index contributed by atoms with van der Waals surface area (Å²) in [6, 6.07) is 1.44. The van der Waals surface area contributed by atoms with Gasteiger partial charge in [-0.2, -0.15) is 0 Å². The van der Waals surface area contributed by atoms with E-state index in [1.807, 2.05) is 0 Å². The molecule has 6 nitrogen and oxygen atoms in total. The molecular weight excluding hydrogens is 379 g/mol. The standard InChI is InChI=1S/C18H22Cl2N2O4/c1-8(2)16(24)15-18(26)22-6-5-9(7-11(22)17(25)21-15)13-12(23)4-3-10(19)14(13)20/h3-4,8-9,11,15-16,23-24H,5-7H2,1-2H3,(H,21,25)/t9-,11+,15-,16+/m0/s1. The summed E-state index contributed by atoms with van der Waals surface area (Å²) < 4.78 is 0. The minimum Gasteiger partial charge on any atom is -0.508 e. The van der Waals surface area contributed by atoms with Gasteiger partial charge in [-0.15, -0.1) is 0 Å². The highest BCUT2D eigenvalue weighted by atomic mass is 35.5. The fourth-order valence-electron chi connectivity index (χ4n) is 3.79. The molecule has 3 N–H and O–H groups in total. The minimum atomic E-state index is -0.934. The molecule has 2 saturated heterocycles. The lowest BCUT2D eigenvalue weighted by Gasteiger charge is -2.45. The van der Waals surface area contributed by atoms with Crippen molar-refractivity contribution in [1.29, 1.82) is 0 Å². The molecular formula is C18H22Cl2N2O4. The summed E-state index contributed by atoms with van der Waals surface area (Å²) in [5.41, 5.74) is 0.517. The van der Waals surface area contributed by atoms with E-state index in [1.165, 1.54) is 17.0 Å². The second-order valence-electron chi connectivity index (χ2n) is 7.28. The molecule has 0 bridgehead atoms. The predicted molar refractivity (Wildman–Crippen MR) is 98.4 cm³/mol. The van der Waals surface area contributed by atoms with E-state index in [9.17, 15) is 19.8 Å². The van der Waals surface area contributed by atoms with Crippen molar-refractivity contribution >= 4 is 35.0 Å². The molecule has 3 rings (SSSR count). The second-order valence-corrected chi connectivity index (χ2v) is 8.07. The zero-order valence-corrected chi connectivity index (χ0v) is 16.1. The lowest BCUT2D eigenvalue weighted by Crippen LogP contribution is -2.68. The lowest BCUT2D eigenvalue weighted by atomic mass is 9.82. The fourth-order valence-corrected chi connectivity index (χ4v) is 4.27. The molecule has 0 spiro atoms. The average molecular weight is 401 g/mol. The number of aliphatic hydroxyl groups excluding tert-OH is 1. The zero-order chi connectivity index (χ0) is 19.2. The molecule has 4 atom stereocenters. The van der Waals surface area contributed by atoms with E-state index in [0.717, 1.165) is 0 Å². The van der Waals surface area contributed by atoms with Gasteiger partial charge in [-0.3, -0.25) is 9.59 Å². The number of aromatic hydroxyl groups is 1. The average Bonchev–Trinajstić information content (AvgIpc) is 2.61. The molecule has 0 saturated carbocycles. The maximum Gasteiger partial charge on any atom is 0.248 e. The molecule has 1 aromatic carbocycles. The zero-order valence-electron chi connectivity index (χ0n) is 14.6. The van der Waals surface area contributed by atoms with Crippen molar-refractivity contribution in [2.45, 2.75) is 50.8 Å². The summed E-state index contributed by atoms with van der Waals surface area (Å²) in [5.74, 6) is -0.867. The number of aliphatic hydroxyl groups is 1. The molecule has 2 heterocycles. The first kappa shape index (κ1) is 19.3.